The fourth-order valence-electron chi connectivity index (χ4n) is 3.88. The van der Waals surface area contributed by atoms with Crippen LogP contribution in [-0.4, -0.2) is 44.2 Å². The fourth-order valence-corrected chi connectivity index (χ4v) is 3.88. The zero-order valence-corrected chi connectivity index (χ0v) is 17.7. The molecule has 0 spiro atoms. The summed E-state index contributed by atoms with van der Waals surface area (Å²) in [7, 11) is 4.67. The van der Waals surface area contributed by atoms with E-state index in [1.54, 1.807) is 42.1 Å². The molecule has 29 heavy (non-hydrogen) atoms. The maximum absolute atomic E-state index is 12.9. The number of nitrogens with one attached hydrogen (secondary N) is 1. The highest BCUT2D eigenvalue weighted by atomic mass is 16.5. The number of rotatable bonds is 6. The van der Waals surface area contributed by atoms with Gasteiger partial charge < -0.3 is 23.9 Å². The number of carbonyl (C=O) groups excluding carboxylic acids is 2. The van der Waals surface area contributed by atoms with Crippen LogP contribution in [0.1, 0.15) is 63.9 Å². The van der Waals surface area contributed by atoms with Crippen LogP contribution in [0.5, 0.6) is 17.2 Å². The molecule has 1 atom stereocenters. The lowest BCUT2D eigenvalue weighted by Crippen LogP contribution is -2.19. The Hall–Kier alpha value is -2.96. The molecule has 1 heterocycles. The second kappa shape index (κ2) is 8.19. The first-order chi connectivity index (χ1) is 13.8. The normalized spacial score (nSPS) is 15.8. The first-order valence-corrected chi connectivity index (χ1v) is 9.56. The number of Topliss-reactive ketones (excluding diaryl/α,β-unsaturated/α-hetero) is 1. The van der Waals surface area contributed by atoms with E-state index in [4.69, 9.17) is 18.9 Å². The molecule has 1 aromatic heterocycles. The van der Waals surface area contributed by atoms with Crippen molar-refractivity contribution in [2.75, 3.05) is 21.3 Å². The molecule has 2 aromatic rings. The molecule has 0 amide bonds. The van der Waals surface area contributed by atoms with Gasteiger partial charge in [0.05, 0.1) is 27.4 Å². The number of benzene rings is 1. The minimum atomic E-state index is -0.441. The summed E-state index contributed by atoms with van der Waals surface area (Å²) in [6.07, 6.45) is 0.698. The highest BCUT2D eigenvalue weighted by Crippen LogP contribution is 2.43. The Kier molecular flexibility index (Phi) is 5.86. The Bertz CT molecular complexity index is 918. The topological polar surface area (TPSA) is 86.9 Å². The van der Waals surface area contributed by atoms with Crippen LogP contribution in [0.4, 0.5) is 0 Å². The molecular weight excluding hydrogens is 374 g/mol. The first kappa shape index (κ1) is 20.8. The molecule has 1 aliphatic rings. The van der Waals surface area contributed by atoms with Gasteiger partial charge in [-0.15, -0.1) is 0 Å². The highest BCUT2D eigenvalue weighted by molar-refractivity contribution is 6.03. The number of aromatic nitrogens is 1. The minimum absolute atomic E-state index is 0.00217. The predicted molar refractivity (Wildman–Crippen MR) is 108 cm³/mol. The summed E-state index contributed by atoms with van der Waals surface area (Å²) in [5.74, 6) is 1.09. The maximum atomic E-state index is 12.9. The summed E-state index contributed by atoms with van der Waals surface area (Å²) in [6.45, 7) is 5.37. The second-order valence-corrected chi connectivity index (χ2v) is 7.42. The lowest BCUT2D eigenvalue weighted by atomic mass is 9.81. The van der Waals surface area contributed by atoms with Crippen molar-refractivity contribution in [3.05, 3.63) is 40.2 Å². The quantitative estimate of drug-likeness (QED) is 0.741. The summed E-state index contributed by atoms with van der Waals surface area (Å²) in [4.78, 5) is 28.4. The number of ketones is 1. The number of aromatic amines is 1. The van der Waals surface area contributed by atoms with Crippen molar-refractivity contribution >= 4 is 11.8 Å². The van der Waals surface area contributed by atoms with Crippen molar-refractivity contribution < 1.29 is 28.5 Å². The standard InChI is InChI=1S/C22H27NO6/c1-11(2)29-22(25)20-12(3)19-15(23-20)7-13(8-16(19)24)14-9-17(26-4)21(28-6)18(10-14)27-5/h9-11,13,23H,7-8H2,1-6H3/t13-/m0/s1. The molecule has 0 unspecified atom stereocenters. The van der Waals surface area contributed by atoms with Crippen LogP contribution in [0.2, 0.25) is 0 Å². The Morgan fingerprint density at radius 2 is 1.69 bits per heavy atom. The van der Waals surface area contributed by atoms with E-state index < -0.39 is 5.97 Å². The zero-order valence-electron chi connectivity index (χ0n) is 17.7. The van der Waals surface area contributed by atoms with E-state index in [0.29, 0.717) is 46.9 Å². The van der Waals surface area contributed by atoms with Crippen LogP contribution >= 0.6 is 0 Å². The number of hydrogen-bond acceptors (Lipinski definition) is 6. The smallest absolute Gasteiger partial charge is 0.355 e. The van der Waals surface area contributed by atoms with E-state index >= 15 is 0 Å². The van der Waals surface area contributed by atoms with E-state index in [9.17, 15) is 9.59 Å². The molecule has 1 aliphatic carbocycles. The average Bonchev–Trinajstić information content (AvgIpc) is 3.03. The molecule has 0 saturated heterocycles. The molecule has 0 aliphatic heterocycles. The monoisotopic (exact) mass is 401 g/mol. The number of fused-ring (bicyclic) bond motifs is 1. The van der Waals surface area contributed by atoms with E-state index in [0.717, 1.165) is 11.3 Å². The van der Waals surface area contributed by atoms with Crippen LogP contribution in [0, 0.1) is 6.92 Å². The van der Waals surface area contributed by atoms with E-state index in [1.807, 2.05) is 12.1 Å². The molecule has 3 rings (SSSR count). The van der Waals surface area contributed by atoms with Crippen molar-refractivity contribution in [1.82, 2.24) is 4.98 Å². The summed E-state index contributed by atoms with van der Waals surface area (Å²) in [6, 6.07) is 3.74. The van der Waals surface area contributed by atoms with Crippen LogP contribution < -0.4 is 14.2 Å². The average molecular weight is 401 g/mol. The van der Waals surface area contributed by atoms with Crippen LogP contribution in [0.25, 0.3) is 0 Å². The van der Waals surface area contributed by atoms with Crippen molar-refractivity contribution in [3.8, 4) is 17.2 Å². The lowest BCUT2D eigenvalue weighted by Gasteiger charge is -2.24. The molecule has 156 valence electrons. The Balaban J connectivity index is 1.98. The van der Waals surface area contributed by atoms with Crippen molar-refractivity contribution in [2.45, 2.75) is 45.6 Å². The second-order valence-electron chi connectivity index (χ2n) is 7.42. The van der Waals surface area contributed by atoms with Gasteiger partial charge >= 0.3 is 5.97 Å². The van der Waals surface area contributed by atoms with Gasteiger partial charge in [0.15, 0.2) is 17.3 Å². The largest absolute Gasteiger partial charge is 0.493 e. The summed E-state index contributed by atoms with van der Waals surface area (Å²) in [5, 5.41) is 0. The third kappa shape index (κ3) is 3.81. The third-order valence-corrected chi connectivity index (χ3v) is 5.19. The fraction of sp³-hybridized carbons (Fsp3) is 0.455. The Morgan fingerprint density at radius 3 is 2.21 bits per heavy atom. The molecule has 0 radical (unpaired) electrons. The van der Waals surface area contributed by atoms with Gasteiger partial charge in [0.25, 0.3) is 0 Å². The van der Waals surface area contributed by atoms with Crippen LogP contribution in [-0.2, 0) is 11.2 Å². The molecule has 1 aromatic carbocycles. The van der Waals surface area contributed by atoms with Gasteiger partial charge in [0, 0.05) is 17.7 Å². The number of carbonyl (C=O) groups is 2. The van der Waals surface area contributed by atoms with E-state index in [1.165, 1.54) is 0 Å². The van der Waals surface area contributed by atoms with Gasteiger partial charge in [-0.2, -0.15) is 0 Å². The van der Waals surface area contributed by atoms with Crippen molar-refractivity contribution in [2.24, 2.45) is 0 Å². The van der Waals surface area contributed by atoms with Gasteiger partial charge in [-0.25, -0.2) is 4.79 Å². The number of methoxy groups -OCH3 is 3. The summed E-state index contributed by atoms with van der Waals surface area (Å²) < 4.78 is 21.6. The van der Waals surface area contributed by atoms with Gasteiger partial charge in [0.2, 0.25) is 5.75 Å². The molecule has 0 bridgehead atoms. The predicted octanol–water partition coefficient (Wildman–Crippen LogP) is 3.83. The van der Waals surface area contributed by atoms with E-state index in [-0.39, 0.29) is 17.8 Å². The van der Waals surface area contributed by atoms with Crippen LogP contribution in [0.3, 0.4) is 0 Å². The number of H-pyrrole nitrogens is 1. The zero-order chi connectivity index (χ0) is 21.3. The third-order valence-electron chi connectivity index (χ3n) is 5.19. The maximum Gasteiger partial charge on any atom is 0.355 e. The number of esters is 1. The molecule has 7 heteroatoms. The lowest BCUT2D eigenvalue weighted by molar-refractivity contribution is 0.0370. The van der Waals surface area contributed by atoms with Gasteiger partial charge in [0.1, 0.15) is 5.69 Å². The SMILES string of the molecule is COc1cc([C@@H]2CC(=O)c3c([nH]c(C(=O)OC(C)C)c3C)C2)cc(OC)c1OC. The van der Waals surface area contributed by atoms with Crippen LogP contribution in [0.15, 0.2) is 12.1 Å². The van der Waals surface area contributed by atoms with E-state index in [2.05, 4.69) is 4.98 Å². The summed E-state index contributed by atoms with van der Waals surface area (Å²) >= 11 is 0. The van der Waals surface area contributed by atoms with Crippen molar-refractivity contribution in [3.63, 3.8) is 0 Å². The number of hydrogen-bond donors (Lipinski definition) is 1. The first-order valence-electron chi connectivity index (χ1n) is 9.56. The molecule has 0 saturated carbocycles. The molecular formula is C22H27NO6. The molecule has 0 fully saturated rings. The van der Waals surface area contributed by atoms with Gasteiger partial charge in [-0.05, 0) is 56.4 Å². The van der Waals surface area contributed by atoms with Crippen molar-refractivity contribution in [1.29, 1.82) is 0 Å². The van der Waals surface area contributed by atoms with Gasteiger partial charge in [-0.1, -0.05) is 0 Å². The Morgan fingerprint density at radius 1 is 1.07 bits per heavy atom. The minimum Gasteiger partial charge on any atom is -0.493 e. The molecule has 7 nitrogen and oxygen atoms in total. The summed E-state index contributed by atoms with van der Waals surface area (Å²) in [5.41, 5.74) is 3.27. The number of ether oxygens (including phenoxy) is 4. The Labute approximate surface area is 170 Å². The van der Waals surface area contributed by atoms with Gasteiger partial charge in [-0.3, -0.25) is 4.79 Å². The molecule has 1 N–H and O–H groups in total. The highest BCUT2D eigenvalue weighted by Gasteiger charge is 2.33.